The minimum absolute atomic E-state index is 0.135. The molecule has 0 fully saturated rings. The molecule has 7 nitrogen and oxygen atoms in total. The minimum atomic E-state index is -0.135. The third-order valence-electron chi connectivity index (χ3n) is 6.09. The van der Waals surface area contributed by atoms with Crippen molar-refractivity contribution in [1.29, 1.82) is 0 Å². The van der Waals surface area contributed by atoms with Crippen molar-refractivity contribution in [2.75, 3.05) is 6.54 Å². The fourth-order valence-electron chi connectivity index (χ4n) is 4.37. The van der Waals surface area contributed by atoms with Crippen molar-refractivity contribution in [2.24, 2.45) is 0 Å². The van der Waals surface area contributed by atoms with Gasteiger partial charge in [-0.2, -0.15) is 5.10 Å². The summed E-state index contributed by atoms with van der Waals surface area (Å²) in [7, 11) is 0. The van der Waals surface area contributed by atoms with E-state index in [9.17, 15) is 4.79 Å². The van der Waals surface area contributed by atoms with E-state index in [2.05, 4.69) is 26.1 Å². The molecular formula is C26H28N6O. The number of carbonyl (C=O) groups is 1. The van der Waals surface area contributed by atoms with E-state index < -0.39 is 0 Å². The zero-order chi connectivity index (χ0) is 22.6. The van der Waals surface area contributed by atoms with E-state index in [1.807, 2.05) is 61.7 Å². The van der Waals surface area contributed by atoms with Crippen molar-refractivity contribution in [2.45, 2.75) is 45.6 Å². The Hall–Kier alpha value is -3.74. The first-order chi connectivity index (χ1) is 16.2. The van der Waals surface area contributed by atoms with E-state index in [1.165, 1.54) is 12.8 Å². The minimum Gasteiger partial charge on any atom is -0.351 e. The molecule has 3 heterocycles. The van der Waals surface area contributed by atoms with Gasteiger partial charge in [0.25, 0.3) is 5.91 Å². The Labute approximate surface area is 193 Å². The number of amides is 1. The van der Waals surface area contributed by atoms with Gasteiger partial charge in [-0.25, -0.2) is 4.68 Å². The van der Waals surface area contributed by atoms with Gasteiger partial charge in [0, 0.05) is 37.7 Å². The van der Waals surface area contributed by atoms with Crippen LogP contribution in [-0.4, -0.2) is 37.0 Å². The number of benzene rings is 2. The summed E-state index contributed by atoms with van der Waals surface area (Å²) in [5.74, 6) is 1.88. The Morgan fingerprint density at radius 3 is 2.76 bits per heavy atom. The number of rotatable bonds is 6. The molecule has 4 aromatic rings. The van der Waals surface area contributed by atoms with Crippen LogP contribution in [0.15, 0.2) is 60.8 Å². The van der Waals surface area contributed by atoms with Gasteiger partial charge < -0.3 is 9.88 Å². The Morgan fingerprint density at radius 1 is 1.03 bits per heavy atom. The molecule has 5 rings (SSSR count). The lowest BCUT2D eigenvalue weighted by Crippen LogP contribution is -2.26. The van der Waals surface area contributed by atoms with E-state index in [-0.39, 0.29) is 5.91 Å². The van der Waals surface area contributed by atoms with Gasteiger partial charge in [0.1, 0.15) is 17.3 Å². The standard InChI is InChI=1S/C26H28N6O/c1-19-9-8-10-20(17-19)25-22(18-32(30-25)21-11-4-2-5-12-21)26(33)27-15-14-24-29-28-23-13-6-3-7-16-31(23)24/h2,4-5,8-12,17-18H,3,6-7,13-16H2,1H3,(H,27,33). The van der Waals surface area contributed by atoms with Gasteiger partial charge in [-0.3, -0.25) is 4.79 Å². The van der Waals surface area contributed by atoms with Crippen molar-refractivity contribution in [3.63, 3.8) is 0 Å². The smallest absolute Gasteiger partial charge is 0.255 e. The van der Waals surface area contributed by atoms with E-state index in [1.54, 1.807) is 4.68 Å². The van der Waals surface area contributed by atoms with Crippen LogP contribution in [0.3, 0.4) is 0 Å². The van der Waals surface area contributed by atoms with Crippen LogP contribution >= 0.6 is 0 Å². The third kappa shape index (κ3) is 4.58. The van der Waals surface area contributed by atoms with Gasteiger partial charge in [-0.15, -0.1) is 10.2 Å². The summed E-state index contributed by atoms with van der Waals surface area (Å²) in [5, 5.41) is 16.6. The predicted molar refractivity (Wildman–Crippen MR) is 127 cm³/mol. The molecule has 1 amide bonds. The number of aryl methyl sites for hydroxylation is 2. The highest BCUT2D eigenvalue weighted by atomic mass is 16.1. The number of nitrogens with one attached hydrogen (secondary N) is 1. The number of carbonyl (C=O) groups excluding carboxylic acids is 1. The molecule has 0 aliphatic carbocycles. The zero-order valence-corrected chi connectivity index (χ0v) is 18.9. The summed E-state index contributed by atoms with van der Waals surface area (Å²) < 4.78 is 4.00. The van der Waals surface area contributed by atoms with Crippen LogP contribution in [-0.2, 0) is 19.4 Å². The highest BCUT2D eigenvalue weighted by Gasteiger charge is 2.20. The van der Waals surface area contributed by atoms with Crippen LogP contribution < -0.4 is 5.32 Å². The van der Waals surface area contributed by atoms with E-state index in [4.69, 9.17) is 5.10 Å². The fraction of sp³-hybridized carbons (Fsp3) is 0.308. The largest absolute Gasteiger partial charge is 0.351 e. The van der Waals surface area contributed by atoms with Crippen molar-refractivity contribution < 1.29 is 4.79 Å². The number of para-hydroxylation sites is 1. The maximum absolute atomic E-state index is 13.2. The number of nitrogens with zero attached hydrogens (tertiary/aromatic N) is 5. The summed E-state index contributed by atoms with van der Waals surface area (Å²) in [6, 6.07) is 17.9. The molecule has 0 bridgehead atoms. The van der Waals surface area contributed by atoms with Gasteiger partial charge in [0.15, 0.2) is 0 Å². The van der Waals surface area contributed by atoms with Crippen LogP contribution in [0.25, 0.3) is 16.9 Å². The zero-order valence-electron chi connectivity index (χ0n) is 18.9. The molecular weight excluding hydrogens is 412 g/mol. The molecule has 168 valence electrons. The molecule has 2 aromatic heterocycles. The fourth-order valence-corrected chi connectivity index (χ4v) is 4.37. The molecule has 0 unspecified atom stereocenters. The molecule has 7 heteroatoms. The molecule has 0 radical (unpaired) electrons. The van der Waals surface area contributed by atoms with Crippen LogP contribution in [0.2, 0.25) is 0 Å². The quantitative estimate of drug-likeness (QED) is 0.489. The summed E-state index contributed by atoms with van der Waals surface area (Å²) in [5.41, 5.74) is 4.20. The first-order valence-electron chi connectivity index (χ1n) is 11.6. The molecule has 0 spiro atoms. The average molecular weight is 441 g/mol. The Morgan fingerprint density at radius 2 is 1.91 bits per heavy atom. The summed E-state index contributed by atoms with van der Waals surface area (Å²) in [4.78, 5) is 13.2. The van der Waals surface area contributed by atoms with Crippen LogP contribution in [0, 0.1) is 6.92 Å². The van der Waals surface area contributed by atoms with Gasteiger partial charge in [0.2, 0.25) is 0 Å². The summed E-state index contributed by atoms with van der Waals surface area (Å²) >= 11 is 0. The molecule has 33 heavy (non-hydrogen) atoms. The normalized spacial score (nSPS) is 13.4. The van der Waals surface area contributed by atoms with Gasteiger partial charge in [-0.05, 0) is 38.0 Å². The van der Waals surface area contributed by atoms with E-state index in [0.717, 1.165) is 47.8 Å². The highest BCUT2D eigenvalue weighted by Crippen LogP contribution is 2.25. The molecule has 0 atom stereocenters. The lowest BCUT2D eigenvalue weighted by molar-refractivity contribution is 0.0954. The first-order valence-corrected chi connectivity index (χ1v) is 11.6. The first kappa shape index (κ1) is 21.1. The molecule has 0 saturated heterocycles. The second kappa shape index (κ2) is 9.40. The molecule has 2 aromatic carbocycles. The number of hydrogen-bond acceptors (Lipinski definition) is 4. The number of aromatic nitrogens is 5. The predicted octanol–water partition coefficient (Wildman–Crippen LogP) is 4.14. The average Bonchev–Trinajstić information content (AvgIpc) is 3.37. The highest BCUT2D eigenvalue weighted by molar-refractivity contribution is 6.00. The number of hydrogen-bond donors (Lipinski definition) is 1. The van der Waals surface area contributed by atoms with Crippen molar-refractivity contribution in [3.05, 3.63) is 83.6 Å². The molecule has 1 aliphatic rings. The van der Waals surface area contributed by atoms with Crippen molar-refractivity contribution in [1.82, 2.24) is 29.9 Å². The number of fused-ring (bicyclic) bond motifs is 1. The topological polar surface area (TPSA) is 77.6 Å². The summed E-state index contributed by atoms with van der Waals surface area (Å²) in [6.07, 6.45) is 7.01. The van der Waals surface area contributed by atoms with Gasteiger partial charge >= 0.3 is 0 Å². The maximum atomic E-state index is 13.2. The summed E-state index contributed by atoms with van der Waals surface area (Å²) in [6.45, 7) is 3.51. The lowest BCUT2D eigenvalue weighted by Gasteiger charge is -2.08. The Kier molecular flexibility index (Phi) is 6.02. The monoisotopic (exact) mass is 440 g/mol. The van der Waals surface area contributed by atoms with Crippen LogP contribution in [0.1, 0.15) is 46.8 Å². The lowest BCUT2D eigenvalue weighted by atomic mass is 10.1. The second-order valence-corrected chi connectivity index (χ2v) is 8.54. The maximum Gasteiger partial charge on any atom is 0.255 e. The molecule has 0 saturated carbocycles. The SMILES string of the molecule is Cc1cccc(-c2nn(-c3ccccc3)cc2C(=O)NCCc2nnc3n2CCCCC3)c1. The molecule has 1 N–H and O–H groups in total. The van der Waals surface area contributed by atoms with E-state index in [0.29, 0.717) is 24.2 Å². The van der Waals surface area contributed by atoms with Crippen molar-refractivity contribution >= 4 is 5.91 Å². The second-order valence-electron chi connectivity index (χ2n) is 8.54. The Bertz CT molecular complexity index is 1260. The molecule has 1 aliphatic heterocycles. The van der Waals surface area contributed by atoms with Crippen molar-refractivity contribution in [3.8, 4) is 16.9 Å². The Balaban J connectivity index is 1.37. The van der Waals surface area contributed by atoms with E-state index >= 15 is 0 Å². The van der Waals surface area contributed by atoms with Crippen LogP contribution in [0.4, 0.5) is 0 Å². The van der Waals surface area contributed by atoms with Gasteiger partial charge in [-0.1, -0.05) is 48.4 Å². The third-order valence-corrected chi connectivity index (χ3v) is 6.09. The van der Waals surface area contributed by atoms with Gasteiger partial charge in [0.05, 0.1) is 11.3 Å². The van der Waals surface area contributed by atoms with Crippen LogP contribution in [0.5, 0.6) is 0 Å².